The molecule has 5 nitrogen and oxygen atoms in total. The summed E-state index contributed by atoms with van der Waals surface area (Å²) in [4.78, 5) is 10.8. The maximum absolute atomic E-state index is 10.8. The van der Waals surface area contributed by atoms with Gasteiger partial charge >= 0.3 is 0 Å². The van der Waals surface area contributed by atoms with Gasteiger partial charge in [-0.2, -0.15) is 0 Å². The molecule has 118 valence electrons. The molecule has 1 amide bonds. The van der Waals surface area contributed by atoms with Gasteiger partial charge in [-0.3, -0.25) is 4.79 Å². The third-order valence-corrected chi connectivity index (χ3v) is 5.05. The first kappa shape index (κ1) is 16.8. The zero-order chi connectivity index (χ0) is 15.9. The van der Waals surface area contributed by atoms with E-state index in [9.17, 15) is 4.79 Å². The molecule has 7 heteroatoms. The second kappa shape index (κ2) is 8.14. The highest BCUT2D eigenvalue weighted by molar-refractivity contribution is 8.01. The number of anilines is 2. The van der Waals surface area contributed by atoms with Crippen molar-refractivity contribution in [2.24, 2.45) is 0 Å². The topological polar surface area (TPSA) is 66.9 Å². The Bertz CT molecular complexity index is 642. The third-order valence-electron chi connectivity index (χ3n) is 3.08. The molecular weight excluding hydrogens is 316 g/mol. The smallest absolute Gasteiger partial charge is 0.216 e. The van der Waals surface area contributed by atoms with E-state index in [-0.39, 0.29) is 5.91 Å². The predicted octanol–water partition coefficient (Wildman–Crippen LogP) is 3.38. The highest BCUT2D eigenvalue weighted by Crippen LogP contribution is 2.30. The molecular formula is C15H20N4OS2. The van der Waals surface area contributed by atoms with Crippen LogP contribution in [0.25, 0.3) is 0 Å². The van der Waals surface area contributed by atoms with Crippen molar-refractivity contribution in [1.82, 2.24) is 15.5 Å². The molecule has 1 aromatic heterocycles. The van der Waals surface area contributed by atoms with Crippen molar-refractivity contribution in [2.45, 2.75) is 31.5 Å². The molecule has 1 aromatic carbocycles. The van der Waals surface area contributed by atoms with Gasteiger partial charge < -0.3 is 10.6 Å². The van der Waals surface area contributed by atoms with Crippen molar-refractivity contribution in [3.8, 4) is 0 Å². The number of thioether (sulfide) groups is 1. The number of rotatable bonds is 7. The van der Waals surface area contributed by atoms with Crippen molar-refractivity contribution in [3.63, 3.8) is 0 Å². The van der Waals surface area contributed by atoms with Gasteiger partial charge in [-0.1, -0.05) is 48.2 Å². The minimum absolute atomic E-state index is 0.00753. The van der Waals surface area contributed by atoms with Crippen LogP contribution >= 0.6 is 23.1 Å². The summed E-state index contributed by atoms with van der Waals surface area (Å²) in [6.45, 7) is 6.39. The summed E-state index contributed by atoms with van der Waals surface area (Å²) in [5.41, 5.74) is 3.60. The predicted molar refractivity (Wildman–Crippen MR) is 93.2 cm³/mol. The Kier molecular flexibility index (Phi) is 6.21. The van der Waals surface area contributed by atoms with E-state index in [0.717, 1.165) is 27.3 Å². The molecule has 0 aliphatic heterocycles. The summed E-state index contributed by atoms with van der Waals surface area (Å²) in [6.07, 6.45) is 0.973. The van der Waals surface area contributed by atoms with Gasteiger partial charge in [0.1, 0.15) is 0 Å². The van der Waals surface area contributed by atoms with Gasteiger partial charge in [0.25, 0.3) is 0 Å². The molecule has 0 unspecified atom stereocenters. The van der Waals surface area contributed by atoms with Gasteiger partial charge in [-0.25, -0.2) is 0 Å². The van der Waals surface area contributed by atoms with Crippen LogP contribution < -0.4 is 10.6 Å². The molecule has 0 aliphatic carbocycles. The van der Waals surface area contributed by atoms with Crippen molar-refractivity contribution < 1.29 is 4.79 Å². The van der Waals surface area contributed by atoms with E-state index in [2.05, 4.69) is 52.9 Å². The van der Waals surface area contributed by atoms with Crippen LogP contribution in [0.4, 0.5) is 10.8 Å². The fourth-order valence-corrected chi connectivity index (χ4v) is 3.67. The second-order valence-electron chi connectivity index (χ2n) is 4.79. The maximum Gasteiger partial charge on any atom is 0.216 e. The van der Waals surface area contributed by atoms with E-state index in [1.165, 1.54) is 29.4 Å². The van der Waals surface area contributed by atoms with E-state index in [4.69, 9.17) is 0 Å². The number of hydrogen-bond donors (Lipinski definition) is 2. The summed E-state index contributed by atoms with van der Waals surface area (Å²) in [5, 5.41) is 15.3. The van der Waals surface area contributed by atoms with Gasteiger partial charge in [0.2, 0.25) is 11.0 Å². The number of carbonyl (C=O) groups is 1. The van der Waals surface area contributed by atoms with Crippen LogP contribution in [0.3, 0.4) is 0 Å². The normalized spacial score (nSPS) is 10.5. The Morgan fingerprint density at radius 1 is 1.36 bits per heavy atom. The number of para-hydroxylation sites is 1. The quantitative estimate of drug-likeness (QED) is 0.599. The lowest BCUT2D eigenvalue weighted by Gasteiger charge is -2.11. The van der Waals surface area contributed by atoms with Crippen LogP contribution in [-0.2, 0) is 11.2 Å². The zero-order valence-corrected chi connectivity index (χ0v) is 14.6. The molecule has 0 spiro atoms. The van der Waals surface area contributed by atoms with E-state index >= 15 is 0 Å². The first-order chi connectivity index (χ1) is 10.6. The number of amides is 1. The molecule has 2 rings (SSSR count). The van der Waals surface area contributed by atoms with Crippen LogP contribution in [0.2, 0.25) is 0 Å². The third kappa shape index (κ3) is 4.71. The number of aryl methyl sites for hydroxylation is 2. The number of carbonyl (C=O) groups excluding carboxylic acids is 1. The molecule has 0 saturated carbocycles. The summed E-state index contributed by atoms with van der Waals surface area (Å²) in [5.74, 6) is 0.783. The Labute approximate surface area is 138 Å². The Morgan fingerprint density at radius 3 is 2.91 bits per heavy atom. The average molecular weight is 336 g/mol. The fraction of sp³-hybridized carbons (Fsp3) is 0.400. The van der Waals surface area contributed by atoms with Gasteiger partial charge in [-0.05, 0) is 24.5 Å². The molecule has 2 aromatic rings. The molecule has 0 aliphatic rings. The highest BCUT2D eigenvalue weighted by atomic mass is 32.2. The zero-order valence-electron chi connectivity index (χ0n) is 13.0. The van der Waals surface area contributed by atoms with Crippen molar-refractivity contribution >= 4 is 39.8 Å². The van der Waals surface area contributed by atoms with Crippen LogP contribution in [0, 0.1) is 6.92 Å². The lowest BCUT2D eigenvalue weighted by molar-refractivity contribution is -0.118. The molecule has 0 radical (unpaired) electrons. The summed E-state index contributed by atoms with van der Waals surface area (Å²) in [6, 6.07) is 6.29. The van der Waals surface area contributed by atoms with E-state index in [1.807, 2.05) is 0 Å². The number of benzene rings is 1. The van der Waals surface area contributed by atoms with E-state index < -0.39 is 0 Å². The lowest BCUT2D eigenvalue weighted by Crippen LogP contribution is -2.22. The number of aromatic nitrogens is 2. The van der Waals surface area contributed by atoms with E-state index in [0.29, 0.717) is 6.54 Å². The number of nitrogens with one attached hydrogen (secondary N) is 2. The Morgan fingerprint density at radius 2 is 2.18 bits per heavy atom. The SMILES string of the molecule is CCc1cccc(C)c1Nc1nnc(SCCNC(C)=O)s1. The lowest BCUT2D eigenvalue weighted by atomic mass is 10.1. The van der Waals surface area contributed by atoms with Crippen molar-refractivity contribution in [3.05, 3.63) is 29.3 Å². The standard InChI is InChI=1S/C15H20N4OS2/c1-4-12-7-5-6-10(2)13(12)17-14-18-19-15(22-14)21-9-8-16-11(3)20/h5-7H,4,8-9H2,1-3H3,(H,16,20)(H,17,18). The first-order valence-corrected chi connectivity index (χ1v) is 8.96. The van der Waals surface area contributed by atoms with Crippen LogP contribution in [0.15, 0.2) is 22.5 Å². The Balaban J connectivity index is 1.96. The molecule has 2 N–H and O–H groups in total. The first-order valence-electron chi connectivity index (χ1n) is 7.16. The van der Waals surface area contributed by atoms with Gasteiger partial charge in [0, 0.05) is 24.9 Å². The molecule has 0 saturated heterocycles. The largest absolute Gasteiger partial charge is 0.356 e. The van der Waals surface area contributed by atoms with Crippen LogP contribution in [-0.4, -0.2) is 28.4 Å². The molecule has 1 heterocycles. The molecule has 0 bridgehead atoms. The average Bonchev–Trinajstić information content (AvgIpc) is 2.93. The molecule has 0 atom stereocenters. The molecule has 0 fully saturated rings. The number of nitrogens with zero attached hydrogens (tertiary/aromatic N) is 2. The fourth-order valence-electron chi connectivity index (χ4n) is 1.99. The van der Waals surface area contributed by atoms with Crippen molar-refractivity contribution in [1.29, 1.82) is 0 Å². The monoisotopic (exact) mass is 336 g/mol. The number of hydrogen-bond acceptors (Lipinski definition) is 6. The minimum atomic E-state index is -0.00753. The summed E-state index contributed by atoms with van der Waals surface area (Å²) < 4.78 is 0.902. The second-order valence-corrected chi connectivity index (χ2v) is 7.11. The maximum atomic E-state index is 10.8. The van der Waals surface area contributed by atoms with E-state index in [1.54, 1.807) is 11.8 Å². The van der Waals surface area contributed by atoms with Gasteiger partial charge in [0.15, 0.2) is 4.34 Å². The van der Waals surface area contributed by atoms with Crippen LogP contribution in [0.5, 0.6) is 0 Å². The highest BCUT2D eigenvalue weighted by Gasteiger charge is 2.09. The van der Waals surface area contributed by atoms with Gasteiger partial charge in [0.05, 0.1) is 0 Å². The summed E-state index contributed by atoms with van der Waals surface area (Å²) >= 11 is 3.13. The van der Waals surface area contributed by atoms with Gasteiger partial charge in [-0.15, -0.1) is 10.2 Å². The van der Waals surface area contributed by atoms with Crippen molar-refractivity contribution in [2.75, 3.05) is 17.6 Å². The summed E-state index contributed by atoms with van der Waals surface area (Å²) in [7, 11) is 0. The molecule has 22 heavy (non-hydrogen) atoms. The Hall–Kier alpha value is -1.60. The minimum Gasteiger partial charge on any atom is -0.356 e. The van der Waals surface area contributed by atoms with Crippen LogP contribution in [0.1, 0.15) is 25.0 Å².